The van der Waals surface area contributed by atoms with Gasteiger partial charge in [-0.3, -0.25) is 14.2 Å². The lowest BCUT2D eigenvalue weighted by Crippen LogP contribution is -2.38. The summed E-state index contributed by atoms with van der Waals surface area (Å²) in [7, 11) is 0. The molecule has 3 N–H and O–H groups in total. The molecule has 2 atom stereocenters. The van der Waals surface area contributed by atoms with Crippen LogP contribution >= 0.6 is 24.2 Å². The number of rotatable bonds is 3. The number of nitrogen functional groups attached to an aromatic ring is 1. The van der Waals surface area contributed by atoms with Gasteiger partial charge < -0.3 is 16.0 Å². The number of carbonyl (C=O) groups excluding carboxylic acids is 1. The van der Waals surface area contributed by atoms with Crippen LogP contribution in [0.1, 0.15) is 34.3 Å². The number of halogens is 2. The van der Waals surface area contributed by atoms with Crippen LogP contribution in [-0.2, 0) is 6.42 Å². The average Bonchev–Trinajstić information content (AvgIpc) is 3.38. The molecule has 1 fully saturated rings. The minimum Gasteiger partial charge on any atom is -0.368 e. The zero-order valence-electron chi connectivity index (χ0n) is 18.7. The number of anilines is 2. The van der Waals surface area contributed by atoms with Crippen LogP contribution < -0.4 is 21.5 Å². The monoisotopic (exact) mass is 526 g/mol. The van der Waals surface area contributed by atoms with Gasteiger partial charge >= 0.3 is 0 Å². The molecule has 4 aromatic rings. The number of hydrogen-bond donors (Lipinski definition) is 3. The third kappa shape index (κ3) is 3.59. The van der Waals surface area contributed by atoms with Crippen molar-refractivity contribution >= 4 is 47.4 Å². The highest BCUT2D eigenvalue weighted by molar-refractivity contribution is 7.81. The van der Waals surface area contributed by atoms with Crippen LogP contribution in [0.3, 0.4) is 0 Å². The first kappa shape index (κ1) is 22.8. The standard InChI is InChI=1S/C23H20ClFN8O2S/c24-13-7-9-32-17(13)21(35)33(12-4-2-1-3-5-12)18(30-32)15-10-23(25,36)11-31(15)19-16-14(28-22(26)29-19)6-8-27-20(16)34/h1-5,7,9,15,36H,6,8,10-11H2,(H,27,34)(H2,26,28,29)/t15-,23+/m0/s1. The van der Waals surface area contributed by atoms with E-state index in [9.17, 15) is 9.59 Å². The van der Waals surface area contributed by atoms with E-state index >= 15 is 4.39 Å². The molecule has 2 aliphatic rings. The molecule has 0 unspecified atom stereocenters. The molecule has 0 spiro atoms. The van der Waals surface area contributed by atoms with E-state index in [0.717, 1.165) is 0 Å². The number of thiol groups is 1. The minimum atomic E-state index is -1.97. The molecule has 1 amide bonds. The zero-order chi connectivity index (χ0) is 25.2. The van der Waals surface area contributed by atoms with E-state index in [1.807, 2.05) is 6.07 Å². The maximum atomic E-state index is 15.6. The largest absolute Gasteiger partial charge is 0.368 e. The number of amides is 1. The first-order valence-electron chi connectivity index (χ1n) is 11.2. The smallest absolute Gasteiger partial charge is 0.284 e. The first-order valence-corrected chi connectivity index (χ1v) is 12.0. The SMILES string of the molecule is Nc1nc2c(c(N3C[C@](F)(S)C[C@H]3c3nn4ccc(Cl)c4c(=O)n3-c3ccccc3)n1)C(=O)NCC2. The van der Waals surface area contributed by atoms with Gasteiger partial charge in [0.2, 0.25) is 5.95 Å². The Hall–Kier alpha value is -3.64. The van der Waals surface area contributed by atoms with E-state index in [-0.39, 0.29) is 52.6 Å². The molecule has 10 nitrogen and oxygen atoms in total. The second-order valence-electron chi connectivity index (χ2n) is 8.79. The molecule has 0 bridgehead atoms. The van der Waals surface area contributed by atoms with E-state index in [0.29, 0.717) is 24.3 Å². The summed E-state index contributed by atoms with van der Waals surface area (Å²) in [5.74, 6) is 0.00446. The van der Waals surface area contributed by atoms with Crippen LogP contribution in [0.2, 0.25) is 5.02 Å². The molecule has 0 aliphatic carbocycles. The summed E-state index contributed by atoms with van der Waals surface area (Å²) in [5, 5.41) is 5.75. The Labute approximate surface area is 214 Å². The highest BCUT2D eigenvalue weighted by atomic mass is 35.5. The Morgan fingerprint density at radius 2 is 1.97 bits per heavy atom. The van der Waals surface area contributed by atoms with E-state index in [4.69, 9.17) is 17.3 Å². The highest BCUT2D eigenvalue weighted by Gasteiger charge is 2.47. The molecule has 2 aliphatic heterocycles. The number of para-hydroxylation sites is 1. The Bertz CT molecular complexity index is 1590. The molecule has 1 saturated heterocycles. The summed E-state index contributed by atoms with van der Waals surface area (Å²) in [6.45, 7) is 0.191. The van der Waals surface area contributed by atoms with E-state index < -0.39 is 16.6 Å². The Morgan fingerprint density at radius 3 is 2.75 bits per heavy atom. The van der Waals surface area contributed by atoms with Crippen molar-refractivity contribution in [2.24, 2.45) is 0 Å². The van der Waals surface area contributed by atoms with Crippen LogP contribution in [0.4, 0.5) is 16.2 Å². The number of fused-ring (bicyclic) bond motifs is 2. The normalized spacial score (nSPS) is 21.6. The molecule has 1 aromatic carbocycles. The van der Waals surface area contributed by atoms with E-state index in [1.165, 1.54) is 9.08 Å². The summed E-state index contributed by atoms with van der Waals surface area (Å²) in [6, 6.07) is 9.64. The van der Waals surface area contributed by atoms with Gasteiger partial charge in [-0.05, 0) is 18.2 Å². The van der Waals surface area contributed by atoms with Crippen LogP contribution in [0, 0.1) is 0 Å². The number of benzene rings is 1. The minimum absolute atomic E-state index is 0.0335. The summed E-state index contributed by atoms with van der Waals surface area (Å²) in [4.78, 5) is 36.7. The summed E-state index contributed by atoms with van der Waals surface area (Å²) in [6.07, 6.45) is 1.90. The third-order valence-corrected chi connectivity index (χ3v) is 7.03. The number of aromatic nitrogens is 5. The van der Waals surface area contributed by atoms with Crippen molar-refractivity contribution in [2.45, 2.75) is 23.9 Å². The van der Waals surface area contributed by atoms with Crippen molar-refractivity contribution in [1.29, 1.82) is 0 Å². The number of alkyl halides is 1. The molecule has 3 aromatic heterocycles. The number of nitrogens with one attached hydrogen (secondary N) is 1. The lowest BCUT2D eigenvalue weighted by atomic mass is 10.1. The fourth-order valence-electron chi connectivity index (χ4n) is 4.90. The third-order valence-electron chi connectivity index (χ3n) is 6.40. The van der Waals surface area contributed by atoms with E-state index in [2.05, 4.69) is 33.0 Å². The first-order chi connectivity index (χ1) is 17.2. The van der Waals surface area contributed by atoms with Crippen molar-refractivity contribution < 1.29 is 9.18 Å². The fraction of sp³-hybridized carbons (Fsp3) is 0.261. The molecule has 184 valence electrons. The maximum absolute atomic E-state index is 15.6. The quantitative estimate of drug-likeness (QED) is 0.350. The van der Waals surface area contributed by atoms with Crippen molar-refractivity contribution in [1.82, 2.24) is 29.5 Å². The van der Waals surface area contributed by atoms with Crippen molar-refractivity contribution in [3.8, 4) is 5.69 Å². The molecular weight excluding hydrogens is 507 g/mol. The molecule has 5 heterocycles. The van der Waals surface area contributed by atoms with Crippen LogP contribution in [0.5, 0.6) is 0 Å². The predicted octanol–water partition coefficient (Wildman–Crippen LogP) is 2.34. The highest BCUT2D eigenvalue weighted by Crippen LogP contribution is 2.45. The van der Waals surface area contributed by atoms with Crippen molar-refractivity contribution in [3.63, 3.8) is 0 Å². The molecule has 0 saturated carbocycles. The maximum Gasteiger partial charge on any atom is 0.284 e. The van der Waals surface area contributed by atoms with Gasteiger partial charge in [-0.1, -0.05) is 29.8 Å². The van der Waals surface area contributed by atoms with Gasteiger partial charge in [0.05, 0.1) is 29.0 Å². The lowest BCUT2D eigenvalue weighted by Gasteiger charge is -2.30. The predicted molar refractivity (Wildman–Crippen MR) is 136 cm³/mol. The summed E-state index contributed by atoms with van der Waals surface area (Å²) >= 11 is 10.5. The number of carbonyl (C=O) groups is 1. The topological polar surface area (TPSA) is 123 Å². The van der Waals surface area contributed by atoms with Crippen LogP contribution in [-0.4, -0.2) is 48.1 Å². The molecule has 36 heavy (non-hydrogen) atoms. The van der Waals surface area contributed by atoms with E-state index in [1.54, 1.807) is 41.4 Å². The van der Waals surface area contributed by atoms with Gasteiger partial charge in [0.15, 0.2) is 10.8 Å². The number of nitrogens with two attached hydrogens (primary N) is 1. The second kappa shape index (κ2) is 8.20. The van der Waals surface area contributed by atoms with Gasteiger partial charge in [0.1, 0.15) is 16.9 Å². The van der Waals surface area contributed by atoms with Gasteiger partial charge in [-0.25, -0.2) is 13.9 Å². The van der Waals surface area contributed by atoms with Gasteiger partial charge in [-0.15, -0.1) is 12.6 Å². The zero-order valence-corrected chi connectivity index (χ0v) is 20.4. The number of nitrogens with zero attached hydrogens (tertiary/aromatic N) is 6. The van der Waals surface area contributed by atoms with Crippen LogP contribution in [0.15, 0.2) is 47.4 Å². The summed E-state index contributed by atoms with van der Waals surface area (Å²) in [5.41, 5.74) is 7.00. The summed E-state index contributed by atoms with van der Waals surface area (Å²) < 4.78 is 18.4. The molecule has 6 rings (SSSR count). The van der Waals surface area contributed by atoms with Crippen LogP contribution in [0.25, 0.3) is 11.2 Å². The number of hydrogen-bond acceptors (Lipinski definition) is 8. The molecular formula is C23H20ClFN8O2S. The van der Waals surface area contributed by atoms with Crippen molar-refractivity contribution in [2.75, 3.05) is 23.7 Å². The second-order valence-corrected chi connectivity index (χ2v) is 10.00. The lowest BCUT2D eigenvalue weighted by molar-refractivity contribution is 0.0945. The van der Waals surface area contributed by atoms with Crippen molar-refractivity contribution in [3.05, 3.63) is 75.1 Å². The van der Waals surface area contributed by atoms with Gasteiger partial charge in [0, 0.05) is 25.6 Å². The Balaban J connectivity index is 1.62. The van der Waals surface area contributed by atoms with Gasteiger partial charge in [0.25, 0.3) is 11.5 Å². The Morgan fingerprint density at radius 1 is 1.19 bits per heavy atom. The van der Waals surface area contributed by atoms with Gasteiger partial charge in [-0.2, -0.15) is 10.1 Å². The fourth-order valence-corrected chi connectivity index (χ4v) is 5.45. The average molecular weight is 527 g/mol. The molecule has 0 radical (unpaired) electrons. The molecule has 13 heteroatoms. The Kier molecular flexibility index (Phi) is 5.20.